The molecule has 18 rings (SSSR count). The summed E-state index contributed by atoms with van der Waals surface area (Å²) >= 11 is 0. The second-order valence-corrected chi connectivity index (χ2v) is 69.7. The first-order valence-corrected chi connectivity index (χ1v) is 67.4. The predicted molar refractivity (Wildman–Crippen MR) is 621 cm³/mol. The molecule has 6 heteroatoms. The minimum Gasteiger partial charge on any atom is -0.316 e. The molecule has 0 amide bonds. The van der Waals surface area contributed by atoms with E-state index in [1.165, 1.54) is 260 Å². The molecule has 0 aromatic heterocycles. The fourth-order valence-corrected chi connectivity index (χ4v) is 51.1. The van der Waals surface area contributed by atoms with E-state index in [-0.39, 0.29) is 49.1 Å². The molecule has 0 spiro atoms. The Bertz CT molecular complexity index is 5490. The lowest BCUT2D eigenvalue weighted by molar-refractivity contribution is 0.138. The first kappa shape index (κ1) is 107. The van der Waals surface area contributed by atoms with Crippen LogP contribution in [0.1, 0.15) is 429 Å². The topological polar surface area (TPSA) is 9.72 Å². The Labute approximate surface area is 862 Å². The van der Waals surface area contributed by atoms with Crippen molar-refractivity contribution in [2.45, 2.75) is 502 Å². The number of unbranched alkanes of at least 4 members (excludes halogenated alkanes) is 4. The molecule has 6 aromatic rings. The molecule has 12 aliphatic rings. The molecule has 0 saturated heterocycles. The van der Waals surface area contributed by atoms with Crippen molar-refractivity contribution >= 4 is 41.4 Å². The molecule has 0 heterocycles. The van der Waals surface area contributed by atoms with Crippen LogP contribution in [0.3, 0.4) is 0 Å². The Morgan fingerprint density at radius 2 is 0.579 bits per heavy atom. The van der Waals surface area contributed by atoms with Gasteiger partial charge < -0.3 is 13.7 Å². The lowest BCUT2D eigenvalue weighted by Crippen LogP contribution is -2.65. The molecule has 762 valence electrons. The molecule has 12 aliphatic carbocycles. The minimum absolute atomic E-state index is 0.0304. The highest BCUT2D eigenvalue weighted by Crippen LogP contribution is 2.68. The zero-order valence-electron chi connectivity index (χ0n) is 95.4. The van der Waals surface area contributed by atoms with E-state index in [2.05, 4.69) is 397 Å². The average molecular weight is 1940 g/mol. The summed E-state index contributed by atoms with van der Waals surface area (Å²) in [6, 6.07) is 53.1. The standard InChI is InChI=1S/C47H71NSi.C46H69NSi.C41H59NSi/c1-12-14-27-47(28-15-13-2)42-31-35(34-21-24-37(25-22-34)45(4,5)6)23-26-39(42)41-30-36-29-33(3)44(40(36)32-43(41)47)49(10,11)48(46(7,8)9)38-19-17-16-18-20-38;1-11-13-28-46(29-14-12-2)41-31-34(33-20-24-36(25-21-33)44(3,4)5)22-26-38(41)40-30-35-23-27-43(39(35)32-42(40)46)48(9,10)47(45(6,7)8)37-18-16-15-17-19-37;1-27-23-30-24-35-33-22-19-29(28-17-20-31(21-18-28)39(2,3)4)25-36(33)41(8,9)37(35)26-34(30)38(27)43(10,11)42(40(5,6)7)32-15-13-12-14-16-32/h21-26,30-33,36,38,40,44H,12-20,27-29H2,1-11H3;20-22,24-26,30-32,35,37,39,43H,11-19,23,27-29H2,1-10H3;17-22,24-27,30,32,34,38H,12-16,23H2,1-11H3. The molecule has 0 N–H and O–H groups in total. The monoisotopic (exact) mass is 1930 g/mol. The summed E-state index contributed by atoms with van der Waals surface area (Å²) in [4.78, 5) is 0. The molecule has 6 saturated carbocycles. The second-order valence-electron chi connectivity index (χ2n) is 56.3. The molecule has 6 fully saturated rings. The molecule has 11 unspecified atom stereocenters. The van der Waals surface area contributed by atoms with Crippen LogP contribution in [0.25, 0.3) is 50.1 Å². The van der Waals surface area contributed by atoms with Crippen molar-refractivity contribution in [1.29, 1.82) is 0 Å². The quantitative estimate of drug-likeness (QED) is 0.0559. The number of rotatable bonds is 24. The lowest BCUT2D eigenvalue weighted by atomic mass is 9.68. The highest BCUT2D eigenvalue weighted by Gasteiger charge is 2.61. The van der Waals surface area contributed by atoms with Gasteiger partial charge in [-0.3, -0.25) is 0 Å². The van der Waals surface area contributed by atoms with Crippen molar-refractivity contribution in [3.8, 4) is 33.4 Å². The number of benzene rings is 6. The van der Waals surface area contributed by atoms with Crippen molar-refractivity contribution in [2.24, 2.45) is 47.3 Å². The van der Waals surface area contributed by atoms with E-state index in [4.69, 9.17) is 0 Å². The van der Waals surface area contributed by atoms with E-state index in [1.54, 1.807) is 55.7 Å². The average Bonchev–Trinajstić information content (AvgIpc) is 1.55. The number of allylic oxidation sites excluding steroid dienone is 12. The van der Waals surface area contributed by atoms with Gasteiger partial charge in [-0.25, -0.2) is 0 Å². The van der Waals surface area contributed by atoms with Crippen molar-refractivity contribution in [1.82, 2.24) is 13.7 Å². The fraction of sp³-hybridized carbons (Fsp3) is 0.642. The summed E-state index contributed by atoms with van der Waals surface area (Å²) < 4.78 is 9.46. The maximum Gasteiger partial charge on any atom is 0.127 e. The molecule has 11 atom stereocenters. The van der Waals surface area contributed by atoms with Crippen LogP contribution in [0, 0.1) is 47.3 Å². The van der Waals surface area contributed by atoms with Crippen LogP contribution in [-0.4, -0.2) is 73.1 Å². The zero-order chi connectivity index (χ0) is 101. The van der Waals surface area contributed by atoms with Gasteiger partial charge in [0, 0.05) is 51.0 Å². The van der Waals surface area contributed by atoms with Gasteiger partial charge in [0.05, 0.1) is 0 Å². The normalized spacial score (nSPS) is 25.7. The summed E-state index contributed by atoms with van der Waals surface area (Å²) in [5.41, 5.74) is 35.6. The Kier molecular flexibility index (Phi) is 31.4. The third kappa shape index (κ3) is 20.7. The number of fused-ring (bicyclic) bond motifs is 12. The van der Waals surface area contributed by atoms with Crippen molar-refractivity contribution in [2.75, 3.05) is 0 Å². The van der Waals surface area contributed by atoms with E-state index in [9.17, 15) is 0 Å². The van der Waals surface area contributed by atoms with Crippen LogP contribution in [-0.2, 0) is 32.5 Å². The summed E-state index contributed by atoms with van der Waals surface area (Å²) in [5.74, 6) is 5.62. The van der Waals surface area contributed by atoms with Gasteiger partial charge >= 0.3 is 0 Å². The number of hydrogen-bond donors (Lipinski definition) is 0. The van der Waals surface area contributed by atoms with Crippen molar-refractivity contribution in [3.05, 3.63) is 231 Å². The Morgan fingerprint density at radius 1 is 0.300 bits per heavy atom. The molecule has 0 radical (unpaired) electrons. The SMILES string of the molecule is CC1CC2C=C3C(=CC2C1[Si](C)(C)N(C1CCCCC1)C(C)(C)C)C(C)(C)c1cc(-c2ccc(C(C)(C)C)cc2)ccc13.CCCCC1(CCCC)C2=CC3C(C=C2c2ccc(-c4ccc(C(C)(C)C)cc4)cc21)CC(C)C3[Si](C)(C)N(C1CCCCC1)C(C)(C)C.CCCCC1(CCCC)C2=CC3C(C=C2c2ccc(-c4ccc(C(C)(C)C)cc4)cc21)CCC3[Si](C)(C)N(C1CCCCC1)C(C)(C)C. The van der Waals surface area contributed by atoms with E-state index >= 15 is 0 Å². The summed E-state index contributed by atoms with van der Waals surface area (Å²) in [6.07, 6.45) is 59.2. The third-order valence-electron chi connectivity index (χ3n) is 39.0. The maximum atomic E-state index is 3.17. The van der Waals surface area contributed by atoms with Crippen molar-refractivity contribution in [3.63, 3.8) is 0 Å². The van der Waals surface area contributed by atoms with E-state index in [1.807, 2.05) is 0 Å². The van der Waals surface area contributed by atoms with Gasteiger partial charge in [0.15, 0.2) is 0 Å². The molecule has 3 nitrogen and oxygen atoms in total. The van der Waals surface area contributed by atoms with Crippen LogP contribution in [0.15, 0.2) is 181 Å². The fourth-order valence-electron chi connectivity index (χ4n) is 33.6. The molecule has 140 heavy (non-hydrogen) atoms. The number of hydrogen-bond acceptors (Lipinski definition) is 3. The highest BCUT2D eigenvalue weighted by atomic mass is 28.3. The van der Waals surface area contributed by atoms with Crippen LogP contribution < -0.4 is 0 Å². The smallest absolute Gasteiger partial charge is 0.127 e. The largest absolute Gasteiger partial charge is 0.316 e. The van der Waals surface area contributed by atoms with Gasteiger partial charge in [0.25, 0.3) is 0 Å². The van der Waals surface area contributed by atoms with Crippen LogP contribution in [0.4, 0.5) is 0 Å². The van der Waals surface area contributed by atoms with Gasteiger partial charge in [-0.05, 0) is 361 Å². The van der Waals surface area contributed by atoms with Gasteiger partial charge in [-0.1, -0.05) is 418 Å². The first-order valence-electron chi connectivity index (χ1n) is 58.4. The number of nitrogens with zero attached hydrogens (tertiary/aromatic N) is 3. The Hall–Kier alpha value is -5.71. The van der Waals surface area contributed by atoms with Crippen LogP contribution >= 0.6 is 0 Å². The van der Waals surface area contributed by atoms with E-state index < -0.39 is 24.7 Å². The predicted octanol–water partition coefficient (Wildman–Crippen LogP) is 39.1. The zero-order valence-corrected chi connectivity index (χ0v) is 98.4. The Morgan fingerprint density at radius 3 is 0.893 bits per heavy atom. The summed E-state index contributed by atoms with van der Waals surface area (Å²) in [5, 5.41) is 0. The van der Waals surface area contributed by atoms with E-state index in [0.29, 0.717) is 35.5 Å². The van der Waals surface area contributed by atoms with Crippen LogP contribution in [0.5, 0.6) is 0 Å². The molecule has 0 aliphatic heterocycles. The second kappa shape index (κ2) is 41.1. The molecule has 6 aromatic carbocycles. The van der Waals surface area contributed by atoms with E-state index in [0.717, 1.165) is 46.6 Å². The highest BCUT2D eigenvalue weighted by molar-refractivity contribution is 6.77. The first-order chi connectivity index (χ1) is 65.9. The van der Waals surface area contributed by atoms with Crippen molar-refractivity contribution < 1.29 is 0 Å². The van der Waals surface area contributed by atoms with Gasteiger partial charge in [-0.15, -0.1) is 0 Å². The van der Waals surface area contributed by atoms with Gasteiger partial charge in [-0.2, -0.15) is 0 Å². The lowest BCUT2D eigenvalue weighted by Gasteiger charge is -2.56. The molecule has 0 bridgehead atoms. The molecular formula is C134H199N3Si3. The Balaban J connectivity index is 0.000000152. The minimum atomic E-state index is -1.83. The van der Waals surface area contributed by atoms with Gasteiger partial charge in [0.1, 0.15) is 24.7 Å². The van der Waals surface area contributed by atoms with Crippen LogP contribution in [0.2, 0.25) is 55.9 Å². The third-order valence-corrected chi connectivity index (χ3v) is 53.5. The summed E-state index contributed by atoms with van der Waals surface area (Å²) in [6.45, 7) is 79.9. The van der Waals surface area contributed by atoms with Gasteiger partial charge in [0.2, 0.25) is 0 Å². The molecular weight excluding hydrogens is 1740 g/mol. The maximum absolute atomic E-state index is 3.17. The summed E-state index contributed by atoms with van der Waals surface area (Å²) in [7, 11) is -5.37.